The first-order valence-electron chi connectivity index (χ1n) is 12.7. The van der Waals surface area contributed by atoms with E-state index in [0.717, 1.165) is 0 Å². The third-order valence-electron chi connectivity index (χ3n) is 2.00. The standard InChI is InChI=1S/3C6H6.4C3H8.C2H6.2CH4/c3*1-2-4-6-5-3-1;4*1-3-2;1-2;;/h3*1-6H;4*3H2,1-2H3;1-2H3;2*1H4. The van der Waals surface area contributed by atoms with Gasteiger partial charge in [0, 0.05) is 0 Å². The van der Waals surface area contributed by atoms with Crippen LogP contribution in [-0.2, 0) is 0 Å². The van der Waals surface area contributed by atoms with Gasteiger partial charge in [-0.1, -0.05) is 219 Å². The van der Waals surface area contributed by atoms with Crippen LogP contribution in [0.15, 0.2) is 109 Å². The molecule has 0 heteroatoms. The van der Waals surface area contributed by atoms with Crippen LogP contribution in [0.25, 0.3) is 0 Å². The van der Waals surface area contributed by atoms with Crippen LogP contribution in [0.4, 0.5) is 0 Å². The van der Waals surface area contributed by atoms with Crippen LogP contribution < -0.4 is 0 Å². The van der Waals surface area contributed by atoms with Gasteiger partial charge in [0.15, 0.2) is 0 Å². The Morgan fingerprint density at radius 3 is 0.294 bits per heavy atom. The monoisotopic (exact) mass is 473 g/mol. The predicted octanol–water partition coefficient (Wildman–Crippen LogP) is 13.0. The molecule has 0 heterocycles. The molecule has 0 saturated carbocycles. The van der Waals surface area contributed by atoms with Crippen LogP contribution in [-0.4, -0.2) is 0 Å². The van der Waals surface area contributed by atoms with Gasteiger partial charge in [-0.05, 0) is 0 Å². The summed E-state index contributed by atoms with van der Waals surface area (Å²) in [6.07, 6.45) is 5.00. The van der Waals surface area contributed by atoms with Crippen molar-refractivity contribution in [2.75, 3.05) is 0 Å². The van der Waals surface area contributed by atoms with Gasteiger partial charge in [-0.2, -0.15) is 0 Å². The van der Waals surface area contributed by atoms with Crippen molar-refractivity contribution in [1.29, 1.82) is 0 Å². The van der Waals surface area contributed by atoms with Gasteiger partial charge in [0.25, 0.3) is 0 Å². The molecule has 0 saturated heterocycles. The van der Waals surface area contributed by atoms with E-state index in [9.17, 15) is 0 Å². The van der Waals surface area contributed by atoms with Crippen LogP contribution in [0.3, 0.4) is 0 Å². The van der Waals surface area contributed by atoms with E-state index in [-0.39, 0.29) is 14.9 Å². The van der Waals surface area contributed by atoms with Crippen molar-refractivity contribution in [3.05, 3.63) is 109 Å². The van der Waals surface area contributed by atoms with E-state index < -0.39 is 0 Å². The molecule has 0 unspecified atom stereocenters. The molecule has 0 nitrogen and oxygen atoms in total. The minimum absolute atomic E-state index is 0. The maximum atomic E-state index is 2.12. The zero-order valence-corrected chi connectivity index (χ0v) is 23.2. The molecule has 0 bridgehead atoms. The van der Waals surface area contributed by atoms with Crippen molar-refractivity contribution in [2.45, 2.75) is 110 Å². The summed E-state index contributed by atoms with van der Waals surface area (Å²) in [5.74, 6) is 0. The fourth-order valence-electron chi connectivity index (χ4n) is 1.15. The van der Waals surface area contributed by atoms with Gasteiger partial charge < -0.3 is 0 Å². The van der Waals surface area contributed by atoms with Crippen LogP contribution in [0.1, 0.15) is 110 Å². The number of hydrogen-bond donors (Lipinski definition) is 0. The van der Waals surface area contributed by atoms with Crippen LogP contribution in [0, 0.1) is 0 Å². The normalized spacial score (nSPS) is 6.53. The van der Waals surface area contributed by atoms with Gasteiger partial charge >= 0.3 is 0 Å². The number of benzene rings is 3. The average Bonchev–Trinajstić information content (AvgIpc) is 2.87. The minimum Gasteiger partial charge on any atom is -0.0776 e. The predicted molar refractivity (Wildman–Crippen MR) is 168 cm³/mol. The zero-order valence-electron chi connectivity index (χ0n) is 23.2. The third kappa shape index (κ3) is 99.3. The molecule has 0 atom stereocenters. The largest absolute Gasteiger partial charge is 0.0776 e. The molecular weight excluding hydrogens is 408 g/mol. The maximum absolute atomic E-state index is 2.12. The second kappa shape index (κ2) is 69.8. The third-order valence-corrected chi connectivity index (χ3v) is 2.00. The lowest BCUT2D eigenvalue weighted by Crippen LogP contribution is -1.47. The summed E-state index contributed by atoms with van der Waals surface area (Å²) in [4.78, 5) is 0. The highest BCUT2D eigenvalue weighted by molar-refractivity contribution is 5.00. The molecule has 0 aromatic heterocycles. The average molecular weight is 473 g/mol. The molecule has 0 spiro atoms. The molecule has 0 fully saturated rings. The van der Waals surface area contributed by atoms with Gasteiger partial charge in [0.05, 0.1) is 0 Å². The lowest BCUT2D eigenvalue weighted by atomic mass is 10.4. The number of rotatable bonds is 0. The van der Waals surface area contributed by atoms with Crippen molar-refractivity contribution in [2.24, 2.45) is 0 Å². The number of hydrogen-bond acceptors (Lipinski definition) is 0. The maximum Gasteiger partial charge on any atom is -0.0590 e. The summed E-state index contributed by atoms with van der Waals surface area (Å²) in [5, 5.41) is 0. The second-order valence-corrected chi connectivity index (χ2v) is 6.29. The second-order valence-electron chi connectivity index (χ2n) is 6.29. The molecule has 200 valence electrons. The van der Waals surface area contributed by atoms with E-state index in [1.807, 2.05) is 123 Å². The Balaban J connectivity index is -0.0000000503. The van der Waals surface area contributed by atoms with Crippen molar-refractivity contribution in [3.8, 4) is 0 Å². The summed E-state index contributed by atoms with van der Waals surface area (Å²) in [6, 6.07) is 36.0. The van der Waals surface area contributed by atoms with E-state index in [1.165, 1.54) is 25.7 Å². The Morgan fingerprint density at radius 2 is 0.265 bits per heavy atom. The van der Waals surface area contributed by atoms with Crippen molar-refractivity contribution < 1.29 is 0 Å². The fourth-order valence-corrected chi connectivity index (χ4v) is 1.15. The van der Waals surface area contributed by atoms with Crippen LogP contribution >= 0.6 is 0 Å². The lowest BCUT2D eigenvalue weighted by molar-refractivity contribution is 1.09. The van der Waals surface area contributed by atoms with Crippen LogP contribution in [0.2, 0.25) is 0 Å². The topological polar surface area (TPSA) is 0 Å². The lowest BCUT2D eigenvalue weighted by Gasteiger charge is -1.69. The summed E-state index contributed by atoms with van der Waals surface area (Å²) in [7, 11) is 0. The van der Waals surface area contributed by atoms with E-state index in [4.69, 9.17) is 0 Å². The molecule has 34 heavy (non-hydrogen) atoms. The molecular formula is C34H64. The van der Waals surface area contributed by atoms with E-state index in [0.29, 0.717) is 0 Å². The van der Waals surface area contributed by atoms with Gasteiger partial charge in [0.1, 0.15) is 0 Å². The van der Waals surface area contributed by atoms with Crippen LogP contribution in [0.5, 0.6) is 0 Å². The SMILES string of the molecule is C.C.CC.CCC.CCC.CCC.CCC.c1ccccc1.c1ccccc1.c1ccccc1. The highest BCUT2D eigenvalue weighted by atomic mass is 13.7. The molecule has 0 radical (unpaired) electrons. The van der Waals surface area contributed by atoms with Crippen molar-refractivity contribution >= 4 is 0 Å². The van der Waals surface area contributed by atoms with Gasteiger partial charge in [-0.25, -0.2) is 0 Å². The molecule has 0 aliphatic carbocycles. The Kier molecular flexibility index (Phi) is 100. The summed E-state index contributed by atoms with van der Waals surface area (Å²) in [5.41, 5.74) is 0. The molecule has 3 rings (SSSR count). The first-order valence-corrected chi connectivity index (χ1v) is 12.7. The molecule has 3 aromatic carbocycles. The van der Waals surface area contributed by atoms with Crippen molar-refractivity contribution in [1.82, 2.24) is 0 Å². The molecule has 0 N–H and O–H groups in total. The van der Waals surface area contributed by atoms with E-state index in [2.05, 4.69) is 55.4 Å². The van der Waals surface area contributed by atoms with E-state index in [1.54, 1.807) is 0 Å². The highest BCUT2D eigenvalue weighted by Crippen LogP contribution is 1.81. The zero-order chi connectivity index (χ0) is 25.6. The summed E-state index contributed by atoms with van der Waals surface area (Å²) in [6.45, 7) is 21.0. The van der Waals surface area contributed by atoms with Crippen molar-refractivity contribution in [3.63, 3.8) is 0 Å². The Bertz CT molecular complexity index is 339. The molecule has 3 aromatic rings. The summed E-state index contributed by atoms with van der Waals surface area (Å²) < 4.78 is 0. The van der Waals surface area contributed by atoms with Gasteiger partial charge in [-0.15, -0.1) is 0 Å². The smallest absolute Gasteiger partial charge is 0.0590 e. The molecule has 0 aliphatic rings. The minimum atomic E-state index is 0. The van der Waals surface area contributed by atoms with Gasteiger partial charge in [-0.3, -0.25) is 0 Å². The Labute approximate surface area is 218 Å². The quantitative estimate of drug-likeness (QED) is 0.305. The van der Waals surface area contributed by atoms with Gasteiger partial charge in [0.2, 0.25) is 0 Å². The fraction of sp³-hybridized carbons (Fsp3) is 0.471. The molecule has 0 aliphatic heterocycles. The first kappa shape index (κ1) is 48.9. The Hall–Kier alpha value is -2.34. The highest BCUT2D eigenvalue weighted by Gasteiger charge is 1.59. The molecule has 0 amide bonds. The summed E-state index contributed by atoms with van der Waals surface area (Å²) >= 11 is 0. The van der Waals surface area contributed by atoms with E-state index >= 15 is 0 Å². The first-order chi connectivity index (χ1) is 15.7. The Morgan fingerprint density at radius 1 is 0.235 bits per heavy atom.